The third-order valence-corrected chi connectivity index (χ3v) is 5.40. The first-order valence-electron chi connectivity index (χ1n) is 9.71. The normalized spacial score (nSPS) is 11.2. The van der Waals surface area contributed by atoms with Crippen molar-refractivity contribution < 1.29 is 4.40 Å². The molecule has 0 saturated heterocycles. The van der Waals surface area contributed by atoms with Crippen LogP contribution in [0, 0.1) is 13.8 Å². The molecule has 1 nitrogen and oxygen atoms in total. The summed E-state index contributed by atoms with van der Waals surface area (Å²) >= 11 is 0. The first kappa shape index (κ1) is 16.7. The molecule has 2 aromatic heterocycles. The number of nitrogens with zero attached hydrogens (tertiary/aromatic N) is 1. The Kier molecular flexibility index (Phi) is 3.95. The fourth-order valence-corrected chi connectivity index (χ4v) is 4.12. The molecule has 0 radical (unpaired) electrons. The Bertz CT molecular complexity index is 1200. The van der Waals surface area contributed by atoms with Gasteiger partial charge in [0.2, 0.25) is 11.2 Å². The van der Waals surface area contributed by atoms with Crippen LogP contribution in [0.4, 0.5) is 0 Å². The maximum atomic E-state index is 2.37. The second-order valence-corrected chi connectivity index (χ2v) is 7.47. The summed E-state index contributed by atoms with van der Waals surface area (Å²) in [5.74, 6) is 0. The van der Waals surface area contributed by atoms with E-state index in [1.165, 1.54) is 49.8 Å². The van der Waals surface area contributed by atoms with Gasteiger partial charge in [-0.2, -0.15) is 4.40 Å². The monoisotopic (exact) mass is 360 g/mol. The van der Waals surface area contributed by atoms with Gasteiger partial charge in [-0.05, 0) is 43.7 Å². The van der Waals surface area contributed by atoms with Crippen molar-refractivity contribution in [2.24, 2.45) is 0 Å². The molecule has 1 heteroatoms. The van der Waals surface area contributed by atoms with Crippen molar-refractivity contribution in [2.75, 3.05) is 0 Å². The Morgan fingerprint density at radius 2 is 1.21 bits per heavy atom. The Labute approximate surface area is 165 Å². The maximum Gasteiger partial charge on any atom is 0.226 e. The van der Waals surface area contributed by atoms with Gasteiger partial charge in [-0.15, -0.1) is 0 Å². The average molecular weight is 360 g/mol. The summed E-state index contributed by atoms with van der Waals surface area (Å²) in [4.78, 5) is 0. The van der Waals surface area contributed by atoms with Crippen molar-refractivity contribution in [3.05, 3.63) is 108 Å². The summed E-state index contributed by atoms with van der Waals surface area (Å²) in [6.07, 6.45) is 2.25. The van der Waals surface area contributed by atoms with Gasteiger partial charge < -0.3 is 0 Å². The highest BCUT2D eigenvalue weighted by molar-refractivity contribution is 6.07. The fraction of sp³-hybridized carbons (Fsp3) is 0.0741. The molecule has 0 aliphatic heterocycles. The highest BCUT2D eigenvalue weighted by atomic mass is 14.9. The van der Waals surface area contributed by atoms with Crippen LogP contribution in [0.5, 0.6) is 0 Å². The van der Waals surface area contributed by atoms with E-state index in [9.17, 15) is 0 Å². The van der Waals surface area contributed by atoms with E-state index in [1.807, 2.05) is 0 Å². The molecule has 0 fully saturated rings. The molecule has 0 aliphatic rings. The van der Waals surface area contributed by atoms with E-state index in [0.29, 0.717) is 0 Å². The number of aromatic nitrogens is 1. The van der Waals surface area contributed by atoms with E-state index in [4.69, 9.17) is 0 Å². The van der Waals surface area contributed by atoms with Gasteiger partial charge in [0.25, 0.3) is 0 Å². The molecule has 0 N–H and O–H groups in total. The predicted octanol–water partition coefficient (Wildman–Crippen LogP) is 6.53. The molecule has 5 aromatic rings. The Balaban J connectivity index is 2.08. The van der Waals surface area contributed by atoms with Crippen LogP contribution in [-0.4, -0.2) is 0 Å². The molecule has 5 rings (SSSR count). The summed E-state index contributed by atoms with van der Waals surface area (Å²) < 4.78 is 2.37. The smallest absolute Gasteiger partial charge is 0.159 e. The summed E-state index contributed by atoms with van der Waals surface area (Å²) in [6.45, 7) is 4.33. The van der Waals surface area contributed by atoms with Crippen LogP contribution < -0.4 is 4.40 Å². The second kappa shape index (κ2) is 6.61. The number of fused-ring (bicyclic) bond motifs is 3. The predicted molar refractivity (Wildman–Crippen MR) is 117 cm³/mol. The third-order valence-electron chi connectivity index (χ3n) is 5.40. The van der Waals surface area contributed by atoms with Crippen molar-refractivity contribution in [1.29, 1.82) is 0 Å². The molecule has 2 heterocycles. The molecular weight excluding hydrogens is 338 g/mol. The topological polar surface area (TPSA) is 4.10 Å². The van der Waals surface area contributed by atoms with Gasteiger partial charge in [0.15, 0.2) is 6.20 Å². The molecule has 0 amide bonds. The lowest BCUT2D eigenvalue weighted by molar-refractivity contribution is -0.498. The Hall–Kier alpha value is -3.45. The van der Waals surface area contributed by atoms with Crippen molar-refractivity contribution in [3.8, 4) is 22.4 Å². The van der Waals surface area contributed by atoms with Crippen LogP contribution in [0.3, 0.4) is 0 Å². The zero-order valence-electron chi connectivity index (χ0n) is 16.2. The minimum atomic E-state index is 1.23. The lowest BCUT2D eigenvalue weighted by Crippen LogP contribution is -2.26. The van der Waals surface area contributed by atoms with Gasteiger partial charge in [-0.25, -0.2) is 0 Å². The third kappa shape index (κ3) is 2.68. The minimum Gasteiger partial charge on any atom is -0.159 e. The summed E-state index contributed by atoms with van der Waals surface area (Å²) in [5, 5.41) is 2.58. The molecule has 0 unspecified atom stereocenters. The molecule has 0 atom stereocenters. The summed E-state index contributed by atoms with van der Waals surface area (Å²) in [5.41, 5.74) is 8.76. The zero-order valence-corrected chi connectivity index (χ0v) is 16.2. The van der Waals surface area contributed by atoms with E-state index in [1.54, 1.807) is 0 Å². The minimum absolute atomic E-state index is 1.23. The maximum absolute atomic E-state index is 2.37. The van der Waals surface area contributed by atoms with Gasteiger partial charge in [0.05, 0.1) is 10.9 Å². The van der Waals surface area contributed by atoms with Gasteiger partial charge in [0, 0.05) is 22.6 Å². The van der Waals surface area contributed by atoms with Crippen LogP contribution in [0.1, 0.15) is 11.1 Å². The molecule has 0 bridgehead atoms. The van der Waals surface area contributed by atoms with E-state index in [0.717, 1.165) is 0 Å². The molecule has 134 valence electrons. The van der Waals surface area contributed by atoms with Crippen LogP contribution in [-0.2, 0) is 0 Å². The van der Waals surface area contributed by atoms with Gasteiger partial charge in [0.1, 0.15) is 0 Å². The van der Waals surface area contributed by atoms with E-state index >= 15 is 0 Å². The molecule has 28 heavy (non-hydrogen) atoms. The van der Waals surface area contributed by atoms with Crippen LogP contribution in [0.25, 0.3) is 38.7 Å². The number of hydrogen-bond acceptors (Lipinski definition) is 0. The van der Waals surface area contributed by atoms with Gasteiger partial charge in [-0.3, -0.25) is 0 Å². The van der Waals surface area contributed by atoms with Crippen LogP contribution in [0.2, 0.25) is 0 Å². The van der Waals surface area contributed by atoms with Crippen molar-refractivity contribution >= 4 is 16.3 Å². The lowest BCUT2D eigenvalue weighted by Gasteiger charge is -2.13. The molecular formula is C27H22N+. The number of hydrogen-bond donors (Lipinski definition) is 0. The average Bonchev–Trinajstić information content (AvgIpc) is 2.73. The van der Waals surface area contributed by atoms with Gasteiger partial charge >= 0.3 is 0 Å². The number of benzene rings is 3. The highest BCUT2D eigenvalue weighted by Crippen LogP contribution is 2.37. The number of pyridine rings is 2. The summed E-state index contributed by atoms with van der Waals surface area (Å²) in [6, 6.07) is 32.7. The first-order valence-corrected chi connectivity index (χ1v) is 9.71. The van der Waals surface area contributed by atoms with E-state index in [2.05, 4.69) is 115 Å². The van der Waals surface area contributed by atoms with Crippen molar-refractivity contribution in [3.63, 3.8) is 0 Å². The fourth-order valence-electron chi connectivity index (χ4n) is 4.12. The van der Waals surface area contributed by atoms with E-state index < -0.39 is 0 Å². The molecule has 0 aliphatic carbocycles. The summed E-state index contributed by atoms with van der Waals surface area (Å²) in [7, 11) is 0. The second-order valence-electron chi connectivity index (χ2n) is 7.47. The van der Waals surface area contributed by atoms with Crippen molar-refractivity contribution in [1.82, 2.24) is 0 Å². The van der Waals surface area contributed by atoms with Crippen LogP contribution in [0.15, 0.2) is 97.2 Å². The number of aryl methyl sites for hydroxylation is 2. The standard InChI is InChI=1S/C27H22N/c1-19-13-15-23-24(17-19)26(21-9-5-3-6-10-21)27(22-11-7-4-8-12-22)28-18-20(2)14-16-25(23)28/h3-18H,1-2H3/q+1. The molecule has 0 spiro atoms. The Morgan fingerprint density at radius 1 is 0.571 bits per heavy atom. The van der Waals surface area contributed by atoms with Crippen molar-refractivity contribution in [2.45, 2.75) is 13.8 Å². The Morgan fingerprint density at radius 3 is 1.93 bits per heavy atom. The molecule has 3 aromatic carbocycles. The molecule has 0 saturated carbocycles. The van der Waals surface area contributed by atoms with Crippen LogP contribution >= 0.6 is 0 Å². The van der Waals surface area contributed by atoms with Gasteiger partial charge in [-0.1, -0.05) is 66.2 Å². The zero-order chi connectivity index (χ0) is 19.1. The lowest BCUT2D eigenvalue weighted by atomic mass is 9.92. The SMILES string of the molecule is Cc1ccc2c(c1)c(-c1ccccc1)c(-c1ccccc1)[n+]1cc(C)ccc21. The quantitative estimate of drug-likeness (QED) is 0.249. The van der Waals surface area contributed by atoms with E-state index in [-0.39, 0.29) is 0 Å². The number of rotatable bonds is 2. The first-order chi connectivity index (χ1) is 13.7. The largest absolute Gasteiger partial charge is 0.226 e. The highest BCUT2D eigenvalue weighted by Gasteiger charge is 2.24.